The van der Waals surface area contributed by atoms with Crippen molar-refractivity contribution < 1.29 is 9.53 Å². The molecule has 0 aliphatic carbocycles. The maximum absolute atomic E-state index is 12.0. The molecule has 4 nitrogen and oxygen atoms in total. The topological polar surface area (TPSA) is 64.4 Å². The lowest BCUT2D eigenvalue weighted by molar-refractivity contribution is -0.126. The first-order valence-electron chi connectivity index (χ1n) is 5.95. The summed E-state index contributed by atoms with van der Waals surface area (Å²) in [5.74, 6) is -0.0738. The van der Waals surface area contributed by atoms with Crippen LogP contribution >= 0.6 is 0 Å². The molecule has 1 aromatic rings. The van der Waals surface area contributed by atoms with Crippen molar-refractivity contribution in [3.63, 3.8) is 0 Å². The molecule has 1 amide bonds. The third-order valence-corrected chi connectivity index (χ3v) is 3.02. The van der Waals surface area contributed by atoms with Crippen LogP contribution in [0, 0.1) is 0 Å². The van der Waals surface area contributed by atoms with Crippen LogP contribution in [0.4, 0.5) is 5.69 Å². The van der Waals surface area contributed by atoms with Crippen LogP contribution in [0.15, 0.2) is 24.3 Å². The first-order chi connectivity index (χ1) is 8.20. The van der Waals surface area contributed by atoms with E-state index in [1.54, 1.807) is 0 Å². The predicted molar refractivity (Wildman–Crippen MR) is 66.5 cm³/mol. The van der Waals surface area contributed by atoms with Crippen molar-refractivity contribution in [1.82, 2.24) is 0 Å². The Labute approximate surface area is 101 Å². The number of nitrogens with two attached hydrogens (primary N) is 1. The number of hydrogen-bond acceptors (Lipinski definition) is 3. The molecule has 4 heteroatoms. The molecule has 1 fully saturated rings. The number of amides is 1. The summed E-state index contributed by atoms with van der Waals surface area (Å²) >= 11 is 0. The molecular formula is C13H18N2O2. The van der Waals surface area contributed by atoms with Crippen molar-refractivity contribution in [3.8, 4) is 0 Å². The largest absolute Gasteiger partial charge is 0.365 e. The molecule has 2 atom stereocenters. The molecule has 17 heavy (non-hydrogen) atoms. The van der Waals surface area contributed by atoms with Crippen LogP contribution in [0.25, 0.3) is 0 Å². The van der Waals surface area contributed by atoms with E-state index >= 15 is 0 Å². The van der Waals surface area contributed by atoms with Crippen LogP contribution < -0.4 is 11.1 Å². The van der Waals surface area contributed by atoms with E-state index in [-0.39, 0.29) is 18.1 Å². The standard InChI is InChI=1S/C13H18N2O2/c1-9-6-7-12(17-9)13(16)15-11-5-3-2-4-10(11)8-14/h2-5,9,12H,6-8,14H2,1H3,(H,15,16). The van der Waals surface area contributed by atoms with E-state index < -0.39 is 0 Å². The normalized spacial score (nSPS) is 23.6. The fourth-order valence-corrected chi connectivity index (χ4v) is 2.03. The number of carbonyl (C=O) groups is 1. The number of carbonyl (C=O) groups excluding carboxylic acids is 1. The van der Waals surface area contributed by atoms with E-state index in [1.165, 1.54) is 0 Å². The summed E-state index contributed by atoms with van der Waals surface area (Å²) in [6, 6.07) is 7.56. The van der Waals surface area contributed by atoms with Gasteiger partial charge in [-0.15, -0.1) is 0 Å². The van der Waals surface area contributed by atoms with E-state index in [2.05, 4.69) is 5.32 Å². The van der Waals surface area contributed by atoms with E-state index in [9.17, 15) is 4.79 Å². The van der Waals surface area contributed by atoms with Crippen LogP contribution in [0.2, 0.25) is 0 Å². The molecule has 1 aromatic carbocycles. The lowest BCUT2D eigenvalue weighted by Crippen LogP contribution is -2.28. The molecule has 0 aromatic heterocycles. The molecule has 0 saturated carbocycles. The minimum Gasteiger partial charge on any atom is -0.365 e. The van der Waals surface area contributed by atoms with Crippen molar-refractivity contribution >= 4 is 11.6 Å². The molecule has 0 bridgehead atoms. The number of ether oxygens (including phenoxy) is 1. The zero-order valence-corrected chi connectivity index (χ0v) is 9.98. The van der Waals surface area contributed by atoms with Crippen molar-refractivity contribution in [2.45, 2.75) is 38.5 Å². The van der Waals surface area contributed by atoms with Gasteiger partial charge in [0.2, 0.25) is 0 Å². The maximum Gasteiger partial charge on any atom is 0.253 e. The summed E-state index contributed by atoms with van der Waals surface area (Å²) in [5.41, 5.74) is 7.34. The van der Waals surface area contributed by atoms with Gasteiger partial charge in [0, 0.05) is 12.2 Å². The van der Waals surface area contributed by atoms with Gasteiger partial charge in [-0.05, 0) is 31.4 Å². The van der Waals surface area contributed by atoms with Crippen molar-refractivity contribution in [1.29, 1.82) is 0 Å². The third kappa shape index (κ3) is 2.84. The first-order valence-corrected chi connectivity index (χ1v) is 5.95. The summed E-state index contributed by atoms with van der Waals surface area (Å²) in [6.07, 6.45) is 1.58. The van der Waals surface area contributed by atoms with Gasteiger partial charge in [0.25, 0.3) is 5.91 Å². The number of benzene rings is 1. The average Bonchev–Trinajstić information content (AvgIpc) is 2.77. The van der Waals surface area contributed by atoms with Gasteiger partial charge in [-0.1, -0.05) is 18.2 Å². The molecule has 1 saturated heterocycles. The smallest absolute Gasteiger partial charge is 0.253 e. The van der Waals surface area contributed by atoms with Crippen LogP contribution in [-0.2, 0) is 16.1 Å². The van der Waals surface area contributed by atoms with E-state index in [4.69, 9.17) is 10.5 Å². The van der Waals surface area contributed by atoms with Gasteiger partial charge in [0.05, 0.1) is 6.10 Å². The Hall–Kier alpha value is -1.39. The molecule has 1 aliphatic heterocycles. The van der Waals surface area contributed by atoms with E-state index in [0.29, 0.717) is 6.54 Å². The first kappa shape index (κ1) is 12.1. The minimum absolute atomic E-state index is 0.0738. The van der Waals surface area contributed by atoms with E-state index in [0.717, 1.165) is 24.1 Å². The van der Waals surface area contributed by atoms with Gasteiger partial charge in [-0.25, -0.2) is 0 Å². The third-order valence-electron chi connectivity index (χ3n) is 3.02. The maximum atomic E-state index is 12.0. The average molecular weight is 234 g/mol. The monoisotopic (exact) mass is 234 g/mol. The highest BCUT2D eigenvalue weighted by atomic mass is 16.5. The number of para-hydroxylation sites is 1. The second-order valence-corrected chi connectivity index (χ2v) is 4.36. The fourth-order valence-electron chi connectivity index (χ4n) is 2.03. The highest BCUT2D eigenvalue weighted by molar-refractivity contribution is 5.95. The van der Waals surface area contributed by atoms with Crippen LogP contribution in [0.1, 0.15) is 25.3 Å². The minimum atomic E-state index is -0.323. The summed E-state index contributed by atoms with van der Waals surface area (Å²) in [4.78, 5) is 12.0. The summed E-state index contributed by atoms with van der Waals surface area (Å²) < 4.78 is 5.53. The van der Waals surface area contributed by atoms with Crippen LogP contribution in [-0.4, -0.2) is 18.1 Å². The zero-order valence-electron chi connectivity index (χ0n) is 9.98. The van der Waals surface area contributed by atoms with Gasteiger partial charge in [-0.2, -0.15) is 0 Å². The second kappa shape index (κ2) is 5.29. The Balaban J connectivity index is 2.03. The Morgan fingerprint density at radius 2 is 2.24 bits per heavy atom. The highest BCUT2D eigenvalue weighted by Crippen LogP contribution is 2.21. The quantitative estimate of drug-likeness (QED) is 0.835. The Morgan fingerprint density at radius 1 is 1.47 bits per heavy atom. The van der Waals surface area contributed by atoms with Crippen molar-refractivity contribution in [3.05, 3.63) is 29.8 Å². The second-order valence-electron chi connectivity index (χ2n) is 4.36. The zero-order chi connectivity index (χ0) is 12.3. The number of nitrogens with one attached hydrogen (secondary N) is 1. The molecule has 0 radical (unpaired) electrons. The van der Waals surface area contributed by atoms with Gasteiger partial charge >= 0.3 is 0 Å². The Kier molecular flexibility index (Phi) is 3.76. The molecule has 2 rings (SSSR count). The van der Waals surface area contributed by atoms with E-state index in [1.807, 2.05) is 31.2 Å². The Morgan fingerprint density at radius 3 is 2.88 bits per heavy atom. The lowest BCUT2D eigenvalue weighted by atomic mass is 10.1. The van der Waals surface area contributed by atoms with Crippen LogP contribution in [0.5, 0.6) is 0 Å². The Bertz CT molecular complexity index is 406. The summed E-state index contributed by atoms with van der Waals surface area (Å²) in [6.45, 7) is 2.40. The number of anilines is 1. The van der Waals surface area contributed by atoms with Gasteiger partial charge < -0.3 is 15.8 Å². The summed E-state index contributed by atoms with van der Waals surface area (Å²) in [5, 5.41) is 2.88. The van der Waals surface area contributed by atoms with Crippen molar-refractivity contribution in [2.24, 2.45) is 5.73 Å². The van der Waals surface area contributed by atoms with Gasteiger partial charge in [-0.3, -0.25) is 4.79 Å². The van der Waals surface area contributed by atoms with Crippen molar-refractivity contribution in [2.75, 3.05) is 5.32 Å². The fraction of sp³-hybridized carbons (Fsp3) is 0.462. The molecule has 3 N–H and O–H groups in total. The molecule has 2 unspecified atom stereocenters. The molecule has 92 valence electrons. The molecule has 1 aliphatic rings. The molecule has 0 spiro atoms. The predicted octanol–water partition coefficient (Wildman–Crippen LogP) is 1.65. The van der Waals surface area contributed by atoms with Crippen LogP contribution in [0.3, 0.4) is 0 Å². The number of rotatable bonds is 3. The molecule has 1 heterocycles. The highest BCUT2D eigenvalue weighted by Gasteiger charge is 2.28. The molecular weight excluding hydrogens is 216 g/mol. The number of hydrogen-bond donors (Lipinski definition) is 2. The van der Waals surface area contributed by atoms with Gasteiger partial charge in [0.1, 0.15) is 6.10 Å². The SMILES string of the molecule is CC1CCC(C(=O)Nc2ccccc2CN)O1. The van der Waals surface area contributed by atoms with Gasteiger partial charge in [0.15, 0.2) is 0 Å². The lowest BCUT2D eigenvalue weighted by Gasteiger charge is -2.13. The summed E-state index contributed by atoms with van der Waals surface area (Å²) in [7, 11) is 0.